The number of rotatable bonds is 0. The van der Waals surface area contributed by atoms with Crippen LogP contribution in [0.15, 0.2) is 0 Å². The Bertz CT molecular complexity index is 392. The monoisotopic (exact) mass is 206 g/mol. The van der Waals surface area contributed by atoms with Crippen molar-refractivity contribution in [1.29, 1.82) is 0 Å². The van der Waals surface area contributed by atoms with Crippen LogP contribution in [-0.2, 0) is 6.42 Å². The minimum atomic E-state index is -0.141. The van der Waals surface area contributed by atoms with Crippen molar-refractivity contribution in [3.63, 3.8) is 0 Å². The first-order chi connectivity index (χ1) is 6.83. The molecule has 1 aromatic carbocycles. The number of benzene rings is 1. The van der Waals surface area contributed by atoms with Crippen LogP contribution in [0.4, 0.5) is 0 Å². The predicted molar refractivity (Wildman–Crippen MR) is 60.7 cm³/mol. The highest BCUT2D eigenvalue weighted by molar-refractivity contribution is 5.59. The molecule has 0 fully saturated rings. The van der Waals surface area contributed by atoms with Crippen LogP contribution < -0.4 is 4.74 Å². The highest BCUT2D eigenvalue weighted by atomic mass is 16.5. The lowest BCUT2D eigenvalue weighted by Crippen LogP contribution is -2.24. The van der Waals surface area contributed by atoms with Gasteiger partial charge in [-0.3, -0.25) is 0 Å². The number of hydrogen-bond acceptors (Lipinski definition) is 2. The normalized spacial score (nSPS) is 17.4. The number of ether oxygens (including phenoxy) is 1. The lowest BCUT2D eigenvalue weighted by Gasteiger charge is -2.17. The third-order valence-corrected chi connectivity index (χ3v) is 3.32. The van der Waals surface area contributed by atoms with Gasteiger partial charge in [-0.05, 0) is 45.7 Å². The molecule has 15 heavy (non-hydrogen) atoms. The summed E-state index contributed by atoms with van der Waals surface area (Å²) < 4.78 is 5.88. The fourth-order valence-electron chi connectivity index (χ4n) is 2.28. The summed E-state index contributed by atoms with van der Waals surface area (Å²) in [5, 5.41) is 9.94. The Morgan fingerprint density at radius 2 is 1.67 bits per heavy atom. The van der Waals surface area contributed by atoms with E-state index in [-0.39, 0.29) is 5.60 Å². The van der Waals surface area contributed by atoms with Crippen LogP contribution in [0.5, 0.6) is 11.5 Å². The van der Waals surface area contributed by atoms with Gasteiger partial charge in [0.15, 0.2) is 0 Å². The number of phenolic OH excluding ortho intramolecular Hbond substituents is 1. The summed E-state index contributed by atoms with van der Waals surface area (Å²) in [7, 11) is 0. The summed E-state index contributed by atoms with van der Waals surface area (Å²) in [6, 6.07) is 0. The van der Waals surface area contributed by atoms with E-state index in [1.807, 2.05) is 13.8 Å². The number of aromatic hydroxyl groups is 1. The van der Waals surface area contributed by atoms with E-state index < -0.39 is 0 Å². The van der Waals surface area contributed by atoms with Crippen LogP contribution in [0.3, 0.4) is 0 Å². The van der Waals surface area contributed by atoms with E-state index in [9.17, 15) is 5.11 Å². The summed E-state index contributed by atoms with van der Waals surface area (Å²) >= 11 is 0. The molecule has 1 heterocycles. The minimum Gasteiger partial charge on any atom is -0.507 e. The SMILES string of the molecule is Cc1c(C)c2c(c(C)c1O)OC(C)(C)C2. The van der Waals surface area contributed by atoms with Gasteiger partial charge in [0.1, 0.15) is 17.1 Å². The molecule has 0 aliphatic carbocycles. The first-order valence-electron chi connectivity index (χ1n) is 5.34. The predicted octanol–water partition coefficient (Wildman–Crippen LogP) is 3.03. The molecule has 0 saturated carbocycles. The fraction of sp³-hybridized carbons (Fsp3) is 0.538. The molecule has 0 saturated heterocycles. The van der Waals surface area contributed by atoms with Crippen molar-refractivity contribution in [2.45, 2.75) is 46.6 Å². The fourth-order valence-corrected chi connectivity index (χ4v) is 2.28. The largest absolute Gasteiger partial charge is 0.507 e. The first kappa shape index (κ1) is 10.3. The summed E-state index contributed by atoms with van der Waals surface area (Å²) in [5.74, 6) is 1.27. The van der Waals surface area contributed by atoms with Gasteiger partial charge in [-0.2, -0.15) is 0 Å². The second-order valence-electron chi connectivity index (χ2n) is 5.07. The number of hydrogen-bond donors (Lipinski definition) is 1. The first-order valence-corrected chi connectivity index (χ1v) is 5.34. The molecule has 0 amide bonds. The number of fused-ring (bicyclic) bond motifs is 1. The molecule has 0 atom stereocenters. The molecule has 0 unspecified atom stereocenters. The molecule has 1 N–H and O–H groups in total. The van der Waals surface area contributed by atoms with E-state index in [0.717, 1.165) is 23.3 Å². The zero-order valence-electron chi connectivity index (χ0n) is 10.1. The van der Waals surface area contributed by atoms with Gasteiger partial charge in [0, 0.05) is 17.5 Å². The standard InChI is InChI=1S/C13H18O2/c1-7-8(2)11(14)9(3)12-10(7)6-13(4,5)15-12/h14H,6H2,1-5H3. The van der Waals surface area contributed by atoms with E-state index in [4.69, 9.17) is 4.74 Å². The van der Waals surface area contributed by atoms with Crippen molar-refractivity contribution >= 4 is 0 Å². The Morgan fingerprint density at radius 1 is 1.07 bits per heavy atom. The van der Waals surface area contributed by atoms with Crippen molar-refractivity contribution in [2.24, 2.45) is 0 Å². The van der Waals surface area contributed by atoms with E-state index >= 15 is 0 Å². The van der Waals surface area contributed by atoms with Crippen molar-refractivity contribution in [3.8, 4) is 11.5 Å². The third-order valence-electron chi connectivity index (χ3n) is 3.32. The molecule has 0 bridgehead atoms. The molecular weight excluding hydrogens is 188 g/mol. The van der Waals surface area contributed by atoms with Crippen LogP contribution in [0, 0.1) is 20.8 Å². The van der Waals surface area contributed by atoms with Crippen molar-refractivity contribution < 1.29 is 9.84 Å². The van der Waals surface area contributed by atoms with E-state index in [2.05, 4.69) is 20.8 Å². The van der Waals surface area contributed by atoms with Gasteiger partial charge in [0.25, 0.3) is 0 Å². The molecule has 1 aliphatic rings. The van der Waals surface area contributed by atoms with Gasteiger partial charge < -0.3 is 9.84 Å². The van der Waals surface area contributed by atoms with Gasteiger partial charge in [-0.1, -0.05) is 0 Å². The summed E-state index contributed by atoms with van der Waals surface area (Å²) in [6.07, 6.45) is 0.927. The van der Waals surface area contributed by atoms with E-state index in [0.29, 0.717) is 5.75 Å². The molecule has 0 radical (unpaired) electrons. The van der Waals surface area contributed by atoms with Crippen molar-refractivity contribution in [1.82, 2.24) is 0 Å². The average Bonchev–Trinajstić information content (AvgIpc) is 2.48. The van der Waals surface area contributed by atoms with Gasteiger partial charge in [-0.25, -0.2) is 0 Å². The molecule has 0 aromatic heterocycles. The molecular formula is C13H18O2. The highest BCUT2D eigenvalue weighted by Gasteiger charge is 2.34. The second kappa shape index (κ2) is 2.91. The summed E-state index contributed by atoms with van der Waals surface area (Å²) in [5.41, 5.74) is 4.13. The minimum absolute atomic E-state index is 0.141. The third kappa shape index (κ3) is 1.39. The molecule has 82 valence electrons. The average molecular weight is 206 g/mol. The van der Waals surface area contributed by atoms with Crippen LogP contribution in [0.2, 0.25) is 0 Å². The molecule has 1 aliphatic heterocycles. The maximum atomic E-state index is 9.94. The van der Waals surface area contributed by atoms with Gasteiger partial charge in [0.2, 0.25) is 0 Å². The van der Waals surface area contributed by atoms with E-state index in [1.54, 1.807) is 0 Å². The molecule has 2 rings (SSSR count). The van der Waals surface area contributed by atoms with Crippen LogP contribution in [0.25, 0.3) is 0 Å². The zero-order valence-corrected chi connectivity index (χ0v) is 10.1. The Balaban J connectivity index is 2.69. The Labute approximate surface area is 90.9 Å². The van der Waals surface area contributed by atoms with Crippen LogP contribution >= 0.6 is 0 Å². The smallest absolute Gasteiger partial charge is 0.130 e. The molecule has 0 spiro atoms. The van der Waals surface area contributed by atoms with Gasteiger partial charge >= 0.3 is 0 Å². The zero-order chi connectivity index (χ0) is 11.4. The van der Waals surface area contributed by atoms with Crippen LogP contribution in [-0.4, -0.2) is 10.7 Å². The Kier molecular flexibility index (Phi) is 2.00. The van der Waals surface area contributed by atoms with Crippen LogP contribution in [0.1, 0.15) is 36.1 Å². The lowest BCUT2D eigenvalue weighted by atomic mass is 9.93. The molecule has 1 aromatic rings. The van der Waals surface area contributed by atoms with Gasteiger partial charge in [-0.15, -0.1) is 0 Å². The Morgan fingerprint density at radius 3 is 2.27 bits per heavy atom. The lowest BCUT2D eigenvalue weighted by molar-refractivity contribution is 0.137. The summed E-state index contributed by atoms with van der Waals surface area (Å²) in [6.45, 7) is 10.1. The number of phenols is 1. The maximum Gasteiger partial charge on any atom is 0.130 e. The topological polar surface area (TPSA) is 29.5 Å². The van der Waals surface area contributed by atoms with E-state index in [1.165, 1.54) is 11.1 Å². The van der Waals surface area contributed by atoms with Crippen molar-refractivity contribution in [2.75, 3.05) is 0 Å². The quantitative estimate of drug-likeness (QED) is 0.707. The van der Waals surface area contributed by atoms with Gasteiger partial charge in [0.05, 0.1) is 0 Å². The van der Waals surface area contributed by atoms with Crippen molar-refractivity contribution in [3.05, 3.63) is 22.3 Å². The Hall–Kier alpha value is -1.18. The highest BCUT2D eigenvalue weighted by Crippen LogP contribution is 2.44. The second-order valence-corrected chi connectivity index (χ2v) is 5.07. The summed E-state index contributed by atoms with van der Waals surface area (Å²) in [4.78, 5) is 0. The molecule has 2 heteroatoms. The molecule has 2 nitrogen and oxygen atoms in total. The maximum absolute atomic E-state index is 9.94.